The van der Waals surface area contributed by atoms with Gasteiger partial charge >= 0.3 is 6.03 Å². The van der Waals surface area contributed by atoms with Gasteiger partial charge in [0.15, 0.2) is 11.5 Å². The second kappa shape index (κ2) is 9.59. The number of aromatic hydroxyl groups is 1. The smallest absolute Gasteiger partial charge is 0.328 e. The number of aromatic nitrogens is 2. The molecule has 0 spiro atoms. The number of imidazole rings is 1. The van der Waals surface area contributed by atoms with Crippen LogP contribution >= 0.6 is 0 Å². The predicted octanol–water partition coefficient (Wildman–Crippen LogP) is 0.137. The van der Waals surface area contributed by atoms with Crippen molar-refractivity contribution >= 4 is 17.8 Å². The number of nitrogens with zero attached hydrogens (tertiary/aromatic N) is 3. The number of hydrogen-bond acceptors (Lipinski definition) is 8. The molecule has 12 nitrogen and oxygen atoms in total. The molecule has 2 aromatic rings. The molecule has 12 heteroatoms. The van der Waals surface area contributed by atoms with Gasteiger partial charge in [0.2, 0.25) is 17.6 Å². The van der Waals surface area contributed by atoms with Gasteiger partial charge in [-0.3, -0.25) is 20.2 Å². The fraction of sp³-hybridized carbons (Fsp3) is 0.455. The first-order chi connectivity index (χ1) is 16.0. The monoisotopic (exact) mass is 475 g/mol. The molecular weight excluding hydrogens is 446 g/mol. The molecule has 1 aliphatic heterocycles. The van der Waals surface area contributed by atoms with Crippen molar-refractivity contribution in [3.05, 3.63) is 40.1 Å². The number of benzene rings is 1. The van der Waals surface area contributed by atoms with Crippen LogP contribution in [0.2, 0.25) is 0 Å². The number of urea groups is 1. The highest BCUT2D eigenvalue weighted by molar-refractivity contribution is 6.16. The minimum atomic E-state index is -1.45. The Morgan fingerprint density at radius 1 is 1.12 bits per heavy atom. The second-order valence-corrected chi connectivity index (χ2v) is 8.32. The number of nitrogens with one attached hydrogen (secondary N) is 2. The third-order valence-corrected chi connectivity index (χ3v) is 6.00. The Balaban J connectivity index is 2.33. The van der Waals surface area contributed by atoms with Gasteiger partial charge in [-0.25, -0.2) is 14.1 Å². The van der Waals surface area contributed by atoms with Crippen molar-refractivity contribution < 1.29 is 33.7 Å². The number of carbonyl (C=O) groups is 3. The summed E-state index contributed by atoms with van der Waals surface area (Å²) in [5.74, 6) is -4.36. The maximum atomic E-state index is 13.4. The first kappa shape index (κ1) is 24.8. The minimum Gasteiger partial charge on any atom is -0.711 e. The first-order valence-electron chi connectivity index (χ1n) is 10.6. The lowest BCUT2D eigenvalue weighted by Gasteiger charge is -2.28. The fourth-order valence-electron chi connectivity index (χ4n) is 4.09. The van der Waals surface area contributed by atoms with Crippen LogP contribution in [0.4, 0.5) is 4.79 Å². The zero-order chi connectivity index (χ0) is 25.3. The molecule has 1 aliphatic rings. The number of phenols is 1. The third kappa shape index (κ3) is 4.36. The lowest BCUT2D eigenvalue weighted by Crippen LogP contribution is -2.58. The van der Waals surface area contributed by atoms with Crippen molar-refractivity contribution in [2.75, 3.05) is 34.9 Å². The molecule has 1 fully saturated rings. The van der Waals surface area contributed by atoms with E-state index in [9.17, 15) is 24.7 Å². The molecule has 0 aliphatic carbocycles. The SMILES string of the molecule is COc1cc(C(c2n(CCN(C)C)c(C)c(C)[n+]2[O-])C2C(=O)NC(=O)NC2=O)cc(OC)c1O. The van der Waals surface area contributed by atoms with E-state index in [1.54, 1.807) is 18.4 Å². The van der Waals surface area contributed by atoms with Crippen LogP contribution in [0, 0.1) is 25.0 Å². The molecule has 34 heavy (non-hydrogen) atoms. The summed E-state index contributed by atoms with van der Waals surface area (Å²) in [6.07, 6.45) is 0. The van der Waals surface area contributed by atoms with E-state index in [0.29, 0.717) is 34.8 Å². The molecule has 0 bridgehead atoms. The van der Waals surface area contributed by atoms with Crippen LogP contribution in [0.25, 0.3) is 0 Å². The van der Waals surface area contributed by atoms with E-state index in [-0.39, 0.29) is 23.1 Å². The Bertz CT molecular complexity index is 1100. The van der Waals surface area contributed by atoms with E-state index < -0.39 is 29.7 Å². The van der Waals surface area contributed by atoms with Gasteiger partial charge in [-0.15, -0.1) is 0 Å². The first-order valence-corrected chi connectivity index (χ1v) is 10.6. The third-order valence-electron chi connectivity index (χ3n) is 6.00. The van der Waals surface area contributed by atoms with Crippen LogP contribution in [0.5, 0.6) is 17.2 Å². The molecule has 1 aromatic carbocycles. The maximum absolute atomic E-state index is 13.4. The van der Waals surface area contributed by atoms with E-state index in [0.717, 1.165) is 0 Å². The van der Waals surface area contributed by atoms with Gasteiger partial charge in [-0.2, -0.15) is 0 Å². The number of hydrogen-bond donors (Lipinski definition) is 3. The van der Waals surface area contributed by atoms with E-state index in [4.69, 9.17) is 9.47 Å². The van der Waals surface area contributed by atoms with Crippen molar-refractivity contribution in [1.82, 2.24) is 20.1 Å². The second-order valence-electron chi connectivity index (χ2n) is 8.32. The number of phenolic OH excluding ortho intramolecular Hbond substituents is 1. The topological polar surface area (TPSA) is 149 Å². The quantitative estimate of drug-likeness (QED) is 0.277. The number of likely N-dealkylation sites (N-methyl/N-ethyl adjacent to an activating group) is 1. The molecule has 0 saturated carbocycles. The highest BCUT2D eigenvalue weighted by Crippen LogP contribution is 2.43. The summed E-state index contributed by atoms with van der Waals surface area (Å²) < 4.78 is 13.0. The van der Waals surface area contributed by atoms with Crippen LogP contribution in [0.1, 0.15) is 28.7 Å². The predicted molar refractivity (Wildman–Crippen MR) is 120 cm³/mol. The Morgan fingerprint density at radius 3 is 2.12 bits per heavy atom. The molecule has 1 aromatic heterocycles. The Labute approximate surface area is 196 Å². The summed E-state index contributed by atoms with van der Waals surface area (Å²) in [4.78, 5) is 39.5. The number of ether oxygens (including phenoxy) is 2. The van der Waals surface area contributed by atoms with Crippen LogP contribution < -0.4 is 24.8 Å². The molecule has 1 atom stereocenters. The van der Waals surface area contributed by atoms with Gasteiger partial charge in [0.25, 0.3) is 5.82 Å². The normalized spacial score (nSPS) is 15.3. The van der Waals surface area contributed by atoms with Crippen LogP contribution in [-0.4, -0.2) is 67.3 Å². The summed E-state index contributed by atoms with van der Waals surface area (Å²) >= 11 is 0. The summed E-state index contributed by atoms with van der Waals surface area (Å²) in [5, 5.41) is 28.0. The van der Waals surface area contributed by atoms with Crippen LogP contribution in [-0.2, 0) is 16.1 Å². The van der Waals surface area contributed by atoms with E-state index >= 15 is 0 Å². The Kier molecular flexibility index (Phi) is 7.01. The van der Waals surface area contributed by atoms with Crippen molar-refractivity contribution in [2.24, 2.45) is 5.92 Å². The van der Waals surface area contributed by atoms with Gasteiger partial charge in [0.1, 0.15) is 29.8 Å². The Morgan fingerprint density at radius 2 is 1.65 bits per heavy atom. The van der Waals surface area contributed by atoms with E-state index in [1.807, 2.05) is 19.0 Å². The molecule has 184 valence electrons. The standard InChI is InChI=1S/C22H29N5O7/c1-11-12(2)27(32)21(26(11)8-7-25(3)4)16(17-19(29)23-22(31)24-20(17)30)13-9-14(33-5)18(28)15(10-13)34-6/h9-10,16-17,28H,7-8H2,1-6H3,(H2,23,24,29,30,31). The summed E-state index contributed by atoms with van der Waals surface area (Å²) in [7, 11) is 6.45. The van der Waals surface area contributed by atoms with Crippen molar-refractivity contribution in [3.8, 4) is 17.2 Å². The van der Waals surface area contributed by atoms with E-state index in [2.05, 4.69) is 10.6 Å². The fourth-order valence-corrected chi connectivity index (χ4v) is 4.09. The van der Waals surface area contributed by atoms with Gasteiger partial charge in [0, 0.05) is 20.4 Å². The number of imide groups is 2. The maximum Gasteiger partial charge on any atom is 0.328 e. The highest BCUT2D eigenvalue weighted by Gasteiger charge is 2.47. The van der Waals surface area contributed by atoms with Gasteiger partial charge in [-0.1, -0.05) is 0 Å². The van der Waals surface area contributed by atoms with Gasteiger partial charge in [0.05, 0.1) is 14.2 Å². The van der Waals surface area contributed by atoms with Crippen molar-refractivity contribution in [3.63, 3.8) is 0 Å². The minimum absolute atomic E-state index is 0.0318. The molecule has 3 rings (SSSR count). The zero-order valence-electron chi connectivity index (χ0n) is 20.0. The molecular formula is C22H29N5O7. The summed E-state index contributed by atoms with van der Waals surface area (Å²) in [5.41, 5.74) is 1.38. The molecule has 1 saturated heterocycles. The average Bonchev–Trinajstić information content (AvgIpc) is 2.98. The molecule has 4 amide bonds. The molecule has 2 heterocycles. The van der Waals surface area contributed by atoms with Crippen LogP contribution in [0.3, 0.4) is 0 Å². The number of amides is 4. The Hall–Kier alpha value is -3.80. The summed E-state index contributed by atoms with van der Waals surface area (Å²) in [6.45, 7) is 4.42. The largest absolute Gasteiger partial charge is 0.711 e. The van der Waals surface area contributed by atoms with E-state index in [1.165, 1.54) is 26.4 Å². The number of methoxy groups -OCH3 is 2. The zero-order valence-corrected chi connectivity index (χ0v) is 20.0. The molecule has 1 unspecified atom stereocenters. The van der Waals surface area contributed by atoms with Crippen molar-refractivity contribution in [1.29, 1.82) is 0 Å². The van der Waals surface area contributed by atoms with Gasteiger partial charge < -0.3 is 24.7 Å². The van der Waals surface area contributed by atoms with Crippen molar-refractivity contribution in [2.45, 2.75) is 26.3 Å². The summed E-state index contributed by atoms with van der Waals surface area (Å²) in [6, 6.07) is 1.94. The highest BCUT2D eigenvalue weighted by atomic mass is 16.5. The number of carbonyl (C=O) groups excluding carboxylic acids is 3. The molecule has 3 N–H and O–H groups in total. The number of barbiturate groups is 1. The lowest BCUT2D eigenvalue weighted by molar-refractivity contribution is -0.621. The average molecular weight is 476 g/mol. The molecule has 0 radical (unpaired) electrons. The number of rotatable bonds is 8. The van der Waals surface area contributed by atoms with Crippen LogP contribution in [0.15, 0.2) is 12.1 Å². The lowest BCUT2D eigenvalue weighted by atomic mass is 9.82. The van der Waals surface area contributed by atoms with Gasteiger partial charge in [-0.05, 0) is 31.8 Å².